The lowest BCUT2D eigenvalue weighted by molar-refractivity contribution is -0.134. The molecular formula is C17H22N2O7. The van der Waals surface area contributed by atoms with Crippen LogP contribution in [0, 0.1) is 6.92 Å². The minimum absolute atomic E-state index is 0.0214. The number of carbonyl (C=O) groups is 3. The van der Waals surface area contributed by atoms with Crippen molar-refractivity contribution in [1.82, 2.24) is 4.90 Å². The van der Waals surface area contributed by atoms with Crippen LogP contribution in [0.15, 0.2) is 29.7 Å². The molecule has 1 aromatic carbocycles. The number of nitrogens with zero attached hydrogens (tertiary/aromatic N) is 1. The molecule has 2 rings (SSSR count). The minimum atomic E-state index is -1.30. The van der Waals surface area contributed by atoms with E-state index in [0.29, 0.717) is 12.3 Å². The highest BCUT2D eigenvalue weighted by Gasteiger charge is 2.31. The highest BCUT2D eigenvalue weighted by molar-refractivity contribution is 6.19. The predicted octanol–water partition coefficient (Wildman–Crippen LogP) is 0.944. The van der Waals surface area contributed by atoms with E-state index >= 15 is 0 Å². The predicted molar refractivity (Wildman–Crippen MR) is 93.2 cm³/mol. The third-order valence-electron chi connectivity index (χ3n) is 3.32. The van der Waals surface area contributed by atoms with Crippen LogP contribution in [0.5, 0.6) is 5.75 Å². The summed E-state index contributed by atoms with van der Waals surface area (Å²) in [5.74, 6) is -1.13. The van der Waals surface area contributed by atoms with Crippen LogP contribution in [-0.2, 0) is 19.1 Å². The van der Waals surface area contributed by atoms with E-state index in [9.17, 15) is 9.59 Å². The maximum absolute atomic E-state index is 11.5. The Morgan fingerprint density at radius 3 is 2.62 bits per heavy atom. The van der Waals surface area contributed by atoms with Crippen molar-refractivity contribution in [2.24, 2.45) is 0 Å². The molecule has 142 valence electrons. The minimum Gasteiger partial charge on any atom is -0.492 e. The van der Waals surface area contributed by atoms with Gasteiger partial charge in [-0.05, 0) is 44.8 Å². The van der Waals surface area contributed by atoms with Crippen LogP contribution in [0.3, 0.4) is 0 Å². The number of Topliss-reactive ketones (excluding diaryl/α,β-unsaturated/α-hetero) is 1. The van der Waals surface area contributed by atoms with E-state index < -0.39 is 11.8 Å². The van der Waals surface area contributed by atoms with Crippen LogP contribution >= 0.6 is 0 Å². The first-order chi connectivity index (χ1) is 12.3. The van der Waals surface area contributed by atoms with E-state index in [1.807, 2.05) is 32.0 Å². The number of carboxylic acids is 1. The first-order valence-corrected chi connectivity index (χ1v) is 7.66. The number of carboxylic acid groups (broad SMARTS) is 2. The zero-order chi connectivity index (χ0) is 19.7. The van der Waals surface area contributed by atoms with Gasteiger partial charge in [0, 0.05) is 12.2 Å². The molecule has 0 unspecified atom stereocenters. The zero-order valence-corrected chi connectivity index (χ0v) is 14.8. The monoisotopic (exact) mass is 366 g/mol. The zero-order valence-electron chi connectivity index (χ0n) is 14.8. The standard InChI is InChI=1S/C16H20N2O5.CH2O2/c1-10-8-11(22-7-6-18(2)3)4-5-12(10)17-15-14(16(20)21)13(19)9-23-15;2-1-3/h4-5,8,17H,6-7,9H2,1-3H3,(H,20,21);1H,(H,2,3). The molecule has 9 nitrogen and oxygen atoms in total. The van der Waals surface area contributed by atoms with Crippen molar-refractivity contribution >= 4 is 23.9 Å². The maximum Gasteiger partial charge on any atom is 0.344 e. The number of likely N-dealkylation sites (N-methyl/N-ethyl adjacent to an activating group) is 1. The number of carbonyl (C=O) groups excluding carboxylic acids is 1. The number of anilines is 1. The van der Waals surface area contributed by atoms with E-state index in [0.717, 1.165) is 17.9 Å². The van der Waals surface area contributed by atoms with Gasteiger partial charge in [0.15, 0.2) is 12.2 Å². The molecule has 26 heavy (non-hydrogen) atoms. The smallest absolute Gasteiger partial charge is 0.344 e. The van der Waals surface area contributed by atoms with Crippen LogP contribution in [-0.4, -0.2) is 67.2 Å². The number of aliphatic carboxylic acids is 1. The number of benzene rings is 1. The second-order valence-corrected chi connectivity index (χ2v) is 5.58. The van der Waals surface area contributed by atoms with E-state index in [1.165, 1.54) is 0 Å². The maximum atomic E-state index is 11.5. The Balaban J connectivity index is 0.00000105. The lowest BCUT2D eigenvalue weighted by Crippen LogP contribution is -2.19. The van der Waals surface area contributed by atoms with Gasteiger partial charge in [-0.1, -0.05) is 0 Å². The van der Waals surface area contributed by atoms with Gasteiger partial charge in [0.2, 0.25) is 11.7 Å². The van der Waals surface area contributed by atoms with Crippen LogP contribution in [0.2, 0.25) is 0 Å². The molecule has 1 aliphatic heterocycles. The largest absolute Gasteiger partial charge is 0.492 e. The Labute approximate surface area is 150 Å². The molecule has 1 heterocycles. The van der Waals surface area contributed by atoms with Crippen LogP contribution in [0.25, 0.3) is 0 Å². The van der Waals surface area contributed by atoms with Crippen LogP contribution in [0.1, 0.15) is 5.56 Å². The van der Waals surface area contributed by atoms with Gasteiger partial charge in [-0.2, -0.15) is 0 Å². The molecule has 0 bridgehead atoms. The number of hydrogen-bond donors (Lipinski definition) is 3. The van der Waals surface area contributed by atoms with Crippen LogP contribution in [0.4, 0.5) is 5.69 Å². The average Bonchev–Trinajstić information content (AvgIpc) is 2.91. The Hall–Kier alpha value is -3.07. The van der Waals surface area contributed by atoms with E-state index in [2.05, 4.69) is 5.32 Å². The Bertz CT molecular complexity index is 698. The molecule has 1 aliphatic rings. The number of ether oxygens (including phenoxy) is 2. The SMILES string of the molecule is Cc1cc(OCCN(C)C)ccc1NC1=C(C(=O)O)C(=O)CO1.O=CO. The molecule has 0 amide bonds. The third kappa shape index (κ3) is 6.10. The van der Waals surface area contributed by atoms with Crippen molar-refractivity contribution < 1.29 is 34.1 Å². The lowest BCUT2D eigenvalue weighted by atomic mass is 10.1. The molecule has 0 fully saturated rings. The summed E-state index contributed by atoms with van der Waals surface area (Å²) in [6, 6.07) is 5.39. The average molecular weight is 366 g/mol. The van der Waals surface area contributed by atoms with Gasteiger partial charge in [-0.15, -0.1) is 0 Å². The van der Waals surface area contributed by atoms with Gasteiger partial charge in [0.05, 0.1) is 0 Å². The molecular weight excluding hydrogens is 344 g/mol. The van der Waals surface area contributed by atoms with E-state index in [-0.39, 0.29) is 24.5 Å². The quantitative estimate of drug-likeness (QED) is 0.477. The fraction of sp³-hybridized carbons (Fsp3) is 0.353. The highest BCUT2D eigenvalue weighted by atomic mass is 16.5. The summed E-state index contributed by atoms with van der Waals surface area (Å²) in [6.07, 6.45) is 0. The number of aryl methyl sites for hydroxylation is 1. The summed E-state index contributed by atoms with van der Waals surface area (Å²) < 4.78 is 10.8. The highest BCUT2D eigenvalue weighted by Crippen LogP contribution is 2.25. The van der Waals surface area contributed by atoms with Gasteiger partial charge in [-0.3, -0.25) is 9.59 Å². The normalized spacial score (nSPS) is 13.0. The molecule has 9 heteroatoms. The number of ketones is 1. The summed E-state index contributed by atoms with van der Waals surface area (Å²) in [4.78, 5) is 33.0. The van der Waals surface area contributed by atoms with Crippen molar-refractivity contribution in [3.05, 3.63) is 35.2 Å². The van der Waals surface area contributed by atoms with E-state index in [4.69, 9.17) is 24.5 Å². The number of nitrogens with one attached hydrogen (secondary N) is 1. The van der Waals surface area contributed by atoms with Gasteiger partial charge in [-0.25, -0.2) is 4.79 Å². The van der Waals surface area contributed by atoms with Gasteiger partial charge < -0.3 is 29.9 Å². The molecule has 0 radical (unpaired) electrons. The molecule has 1 aromatic rings. The van der Waals surface area contributed by atoms with Crippen LogP contribution < -0.4 is 10.1 Å². The molecule has 0 aromatic heterocycles. The Kier molecular flexibility index (Phi) is 8.10. The lowest BCUT2D eigenvalue weighted by Gasteiger charge is -2.14. The van der Waals surface area contributed by atoms with Crippen molar-refractivity contribution in [2.75, 3.05) is 39.2 Å². The molecule has 0 aliphatic carbocycles. The van der Waals surface area contributed by atoms with Crippen molar-refractivity contribution in [3.8, 4) is 5.75 Å². The van der Waals surface area contributed by atoms with Crippen molar-refractivity contribution in [3.63, 3.8) is 0 Å². The first kappa shape index (κ1) is 21.0. The third-order valence-corrected chi connectivity index (χ3v) is 3.32. The second-order valence-electron chi connectivity index (χ2n) is 5.58. The van der Waals surface area contributed by atoms with Crippen molar-refractivity contribution in [1.29, 1.82) is 0 Å². The molecule has 0 atom stereocenters. The summed E-state index contributed by atoms with van der Waals surface area (Å²) in [7, 11) is 3.94. The summed E-state index contributed by atoms with van der Waals surface area (Å²) >= 11 is 0. The summed E-state index contributed by atoms with van der Waals surface area (Å²) in [5.41, 5.74) is 1.16. The molecule has 0 saturated heterocycles. The number of hydrogen-bond acceptors (Lipinski definition) is 7. The number of rotatable bonds is 7. The van der Waals surface area contributed by atoms with E-state index in [1.54, 1.807) is 12.1 Å². The Morgan fingerprint density at radius 1 is 1.42 bits per heavy atom. The molecule has 0 saturated carbocycles. The summed E-state index contributed by atoms with van der Waals surface area (Å²) in [5, 5.41) is 18.8. The van der Waals surface area contributed by atoms with Crippen molar-refractivity contribution in [2.45, 2.75) is 6.92 Å². The first-order valence-electron chi connectivity index (χ1n) is 7.66. The Morgan fingerprint density at radius 2 is 2.08 bits per heavy atom. The molecule has 3 N–H and O–H groups in total. The second kappa shape index (κ2) is 10.0. The van der Waals surface area contributed by atoms with Gasteiger partial charge >= 0.3 is 5.97 Å². The summed E-state index contributed by atoms with van der Waals surface area (Å²) in [6.45, 7) is 2.74. The fourth-order valence-electron chi connectivity index (χ4n) is 2.06. The van der Waals surface area contributed by atoms with Gasteiger partial charge in [0.1, 0.15) is 12.4 Å². The van der Waals surface area contributed by atoms with Gasteiger partial charge in [0.25, 0.3) is 6.47 Å². The fourth-order valence-corrected chi connectivity index (χ4v) is 2.06. The molecule has 0 spiro atoms. The topological polar surface area (TPSA) is 125 Å².